The van der Waals surface area contributed by atoms with Crippen molar-refractivity contribution in [2.24, 2.45) is 0 Å². The summed E-state index contributed by atoms with van der Waals surface area (Å²) in [6, 6.07) is 22.0. The summed E-state index contributed by atoms with van der Waals surface area (Å²) in [4.78, 5) is 28.0. The van der Waals surface area contributed by atoms with E-state index < -0.39 is 11.2 Å². The molecule has 4 rings (SSSR count). The number of hydrogen-bond acceptors (Lipinski definition) is 5. The molecule has 176 valence electrons. The maximum absolute atomic E-state index is 13.5. The lowest BCUT2D eigenvalue weighted by Crippen LogP contribution is -2.30. The van der Waals surface area contributed by atoms with Crippen LogP contribution in [0.1, 0.15) is 11.1 Å². The van der Waals surface area contributed by atoms with Crippen LogP contribution >= 0.6 is 11.8 Å². The van der Waals surface area contributed by atoms with E-state index in [9.17, 15) is 19.2 Å². The number of thioether (sulfide) groups is 1. The summed E-state index contributed by atoms with van der Waals surface area (Å²) >= 11 is 1.15. The van der Waals surface area contributed by atoms with Crippen LogP contribution in [-0.2, 0) is 16.0 Å². The first kappa shape index (κ1) is 24.0. The van der Waals surface area contributed by atoms with Crippen molar-refractivity contribution in [3.8, 4) is 11.8 Å². The highest BCUT2D eigenvalue weighted by Crippen LogP contribution is 2.42. The quantitative estimate of drug-likeness (QED) is 0.381. The SMILES string of the molecule is COc1ccc(N2C(=O)C(Cc3ccc(F)cc3)S/C2=C(/C#N)C(=O)Nc2cccc(C)c2)cc1. The Bertz CT molecular complexity index is 1330. The fourth-order valence-electron chi connectivity index (χ4n) is 3.70. The molecule has 35 heavy (non-hydrogen) atoms. The van der Waals surface area contributed by atoms with Crippen LogP contribution in [0.3, 0.4) is 0 Å². The molecule has 1 aliphatic rings. The molecule has 1 N–H and O–H groups in total. The maximum atomic E-state index is 13.5. The molecule has 3 aromatic carbocycles. The van der Waals surface area contributed by atoms with Gasteiger partial charge in [0.1, 0.15) is 28.2 Å². The number of nitrogens with zero attached hydrogens (tertiary/aromatic N) is 2. The van der Waals surface area contributed by atoms with Gasteiger partial charge in [-0.15, -0.1) is 0 Å². The number of carbonyl (C=O) groups is 2. The molecule has 1 heterocycles. The van der Waals surface area contributed by atoms with E-state index in [1.54, 1.807) is 61.7 Å². The van der Waals surface area contributed by atoms with E-state index in [0.717, 1.165) is 22.9 Å². The number of methoxy groups -OCH3 is 1. The predicted octanol–water partition coefficient (Wildman–Crippen LogP) is 5.21. The summed E-state index contributed by atoms with van der Waals surface area (Å²) in [6.45, 7) is 1.90. The van der Waals surface area contributed by atoms with Crippen LogP contribution in [0.15, 0.2) is 83.4 Å². The van der Waals surface area contributed by atoms with E-state index in [-0.39, 0.29) is 22.3 Å². The number of hydrogen-bond donors (Lipinski definition) is 1. The number of ether oxygens (including phenoxy) is 1. The van der Waals surface area contributed by atoms with E-state index in [2.05, 4.69) is 5.32 Å². The second-order valence-electron chi connectivity index (χ2n) is 7.92. The molecule has 6 nitrogen and oxygen atoms in total. The highest BCUT2D eigenvalue weighted by atomic mass is 32.2. The van der Waals surface area contributed by atoms with Gasteiger partial charge in [0.2, 0.25) is 5.91 Å². The summed E-state index contributed by atoms with van der Waals surface area (Å²) in [7, 11) is 1.54. The Morgan fingerprint density at radius 1 is 1.14 bits per heavy atom. The van der Waals surface area contributed by atoms with Crippen molar-refractivity contribution in [2.75, 3.05) is 17.3 Å². The molecule has 8 heteroatoms. The highest BCUT2D eigenvalue weighted by Gasteiger charge is 2.40. The lowest BCUT2D eigenvalue weighted by atomic mass is 10.1. The van der Waals surface area contributed by atoms with E-state index in [0.29, 0.717) is 23.5 Å². The molecule has 0 radical (unpaired) electrons. The highest BCUT2D eigenvalue weighted by molar-refractivity contribution is 8.05. The third-order valence-corrected chi connectivity index (χ3v) is 6.71. The fourth-order valence-corrected chi connectivity index (χ4v) is 5.01. The van der Waals surface area contributed by atoms with Crippen molar-refractivity contribution in [1.29, 1.82) is 5.26 Å². The fraction of sp³-hybridized carbons (Fsp3) is 0.148. The van der Waals surface area contributed by atoms with Gasteiger partial charge in [-0.1, -0.05) is 36.0 Å². The van der Waals surface area contributed by atoms with Crippen LogP contribution in [0, 0.1) is 24.1 Å². The number of anilines is 2. The minimum atomic E-state index is -0.602. The lowest BCUT2D eigenvalue weighted by molar-refractivity contribution is -0.117. The van der Waals surface area contributed by atoms with E-state index in [1.807, 2.05) is 19.1 Å². The maximum Gasteiger partial charge on any atom is 0.269 e. The zero-order valence-corrected chi connectivity index (χ0v) is 19.9. The van der Waals surface area contributed by atoms with Crippen LogP contribution in [-0.4, -0.2) is 24.2 Å². The van der Waals surface area contributed by atoms with Gasteiger partial charge in [0.15, 0.2) is 0 Å². The monoisotopic (exact) mass is 487 g/mol. The zero-order valence-electron chi connectivity index (χ0n) is 19.1. The van der Waals surface area contributed by atoms with Crippen LogP contribution < -0.4 is 15.0 Å². The summed E-state index contributed by atoms with van der Waals surface area (Å²) in [5.74, 6) is -0.622. The normalized spacial score (nSPS) is 16.6. The van der Waals surface area contributed by atoms with Crippen molar-refractivity contribution >= 4 is 35.0 Å². The van der Waals surface area contributed by atoms with Crippen LogP contribution in [0.4, 0.5) is 15.8 Å². The van der Waals surface area contributed by atoms with Crippen molar-refractivity contribution in [1.82, 2.24) is 0 Å². The molecular formula is C27H22FN3O3S. The van der Waals surface area contributed by atoms with Crippen molar-refractivity contribution in [3.63, 3.8) is 0 Å². The molecule has 0 saturated carbocycles. The molecule has 1 aliphatic heterocycles. The van der Waals surface area contributed by atoms with Gasteiger partial charge >= 0.3 is 0 Å². The molecule has 0 spiro atoms. The van der Waals surface area contributed by atoms with Crippen molar-refractivity contribution in [3.05, 3.63) is 100 Å². The summed E-state index contributed by atoms with van der Waals surface area (Å²) in [6.07, 6.45) is 0.318. The number of nitrogens with one attached hydrogen (secondary N) is 1. The van der Waals surface area contributed by atoms with Crippen LogP contribution in [0.5, 0.6) is 5.75 Å². The topological polar surface area (TPSA) is 82.4 Å². The first-order chi connectivity index (χ1) is 16.9. The molecule has 1 fully saturated rings. The molecule has 0 aliphatic carbocycles. The Kier molecular flexibility index (Phi) is 7.18. The first-order valence-electron chi connectivity index (χ1n) is 10.8. The van der Waals surface area contributed by atoms with Gasteiger partial charge in [0, 0.05) is 11.4 Å². The van der Waals surface area contributed by atoms with Gasteiger partial charge in [0.25, 0.3) is 5.91 Å². The Balaban J connectivity index is 1.72. The average molecular weight is 488 g/mol. The second kappa shape index (κ2) is 10.5. The third kappa shape index (κ3) is 5.36. The lowest BCUT2D eigenvalue weighted by Gasteiger charge is -2.19. The Labute approximate surface area is 207 Å². The minimum absolute atomic E-state index is 0.165. The average Bonchev–Trinajstić information content (AvgIpc) is 3.16. The number of rotatable bonds is 6. The molecule has 1 saturated heterocycles. The van der Waals surface area contributed by atoms with Gasteiger partial charge < -0.3 is 10.1 Å². The Morgan fingerprint density at radius 3 is 2.49 bits per heavy atom. The standard InChI is InChI=1S/C27H22FN3O3S/c1-17-4-3-5-20(14-17)30-25(32)23(16-29)27-31(21-10-12-22(34-2)13-11-21)26(33)24(35-27)15-18-6-8-19(28)9-7-18/h3-14,24H,15H2,1-2H3,(H,30,32)/b27-23-. The summed E-state index contributed by atoms with van der Waals surface area (Å²) < 4.78 is 18.6. The number of amides is 2. The number of carbonyl (C=O) groups excluding carboxylic acids is 2. The Morgan fingerprint density at radius 2 is 1.86 bits per heavy atom. The van der Waals surface area contributed by atoms with Gasteiger partial charge in [-0.25, -0.2) is 4.39 Å². The molecule has 1 atom stereocenters. The molecule has 0 bridgehead atoms. The third-order valence-electron chi connectivity index (χ3n) is 5.45. The molecular weight excluding hydrogens is 465 g/mol. The van der Waals surface area contributed by atoms with Crippen LogP contribution in [0.25, 0.3) is 0 Å². The van der Waals surface area contributed by atoms with E-state index >= 15 is 0 Å². The smallest absolute Gasteiger partial charge is 0.269 e. The first-order valence-corrected chi connectivity index (χ1v) is 11.7. The Hall–Kier alpha value is -4.09. The number of nitriles is 1. The zero-order chi connectivity index (χ0) is 24.9. The second-order valence-corrected chi connectivity index (χ2v) is 9.12. The number of halogens is 1. The van der Waals surface area contributed by atoms with Gasteiger partial charge in [-0.05, 0) is 73.0 Å². The van der Waals surface area contributed by atoms with E-state index in [1.165, 1.54) is 17.0 Å². The van der Waals surface area contributed by atoms with Crippen molar-refractivity contribution in [2.45, 2.75) is 18.6 Å². The largest absolute Gasteiger partial charge is 0.497 e. The molecule has 2 amide bonds. The number of benzene rings is 3. The van der Waals surface area contributed by atoms with Crippen LogP contribution in [0.2, 0.25) is 0 Å². The van der Waals surface area contributed by atoms with Gasteiger partial charge in [-0.2, -0.15) is 5.26 Å². The van der Waals surface area contributed by atoms with E-state index in [4.69, 9.17) is 4.74 Å². The van der Waals surface area contributed by atoms with Gasteiger partial charge in [0.05, 0.1) is 12.4 Å². The molecule has 0 aromatic heterocycles. The summed E-state index contributed by atoms with van der Waals surface area (Å²) in [5.41, 5.74) is 2.63. The van der Waals surface area contributed by atoms with Crippen molar-refractivity contribution < 1.29 is 18.7 Å². The molecule has 1 unspecified atom stereocenters. The predicted molar refractivity (Wildman–Crippen MR) is 134 cm³/mol. The molecule has 3 aromatic rings. The number of aryl methyl sites for hydroxylation is 1. The minimum Gasteiger partial charge on any atom is -0.497 e. The van der Waals surface area contributed by atoms with Gasteiger partial charge in [-0.3, -0.25) is 14.5 Å². The summed E-state index contributed by atoms with van der Waals surface area (Å²) in [5, 5.41) is 12.4.